The first-order chi connectivity index (χ1) is 10.2. The van der Waals surface area contributed by atoms with Gasteiger partial charge in [0.25, 0.3) is 5.89 Å². The number of ether oxygens (including phenoxy) is 1. The van der Waals surface area contributed by atoms with Gasteiger partial charge in [-0.3, -0.25) is 0 Å². The molecule has 3 aromatic rings. The fourth-order valence-corrected chi connectivity index (χ4v) is 2.56. The predicted octanol–water partition coefficient (Wildman–Crippen LogP) is 2.59. The van der Waals surface area contributed by atoms with Crippen LogP contribution in [0.3, 0.4) is 0 Å². The number of thiazole rings is 1. The molecule has 0 amide bonds. The highest BCUT2D eigenvalue weighted by molar-refractivity contribution is 7.09. The molecule has 6 nitrogen and oxygen atoms in total. The van der Waals surface area contributed by atoms with Crippen molar-refractivity contribution in [2.24, 2.45) is 0 Å². The topological polar surface area (TPSA) is 87.1 Å². The number of nitrogens with zero attached hydrogens (tertiary/aromatic N) is 3. The van der Waals surface area contributed by atoms with E-state index in [1.807, 2.05) is 24.4 Å². The summed E-state index contributed by atoms with van der Waals surface area (Å²) in [6.07, 6.45) is 0.570. The van der Waals surface area contributed by atoms with E-state index in [0.717, 1.165) is 10.7 Å². The SMILES string of the molecule is Cc1csc(Cc2noc(COc3cccc(N)c3)n2)n1. The van der Waals surface area contributed by atoms with Crippen LogP contribution in [0.5, 0.6) is 5.75 Å². The average molecular weight is 302 g/mol. The van der Waals surface area contributed by atoms with Gasteiger partial charge in [0.15, 0.2) is 12.4 Å². The van der Waals surface area contributed by atoms with Crippen LogP contribution >= 0.6 is 11.3 Å². The fourth-order valence-electron chi connectivity index (χ4n) is 1.79. The quantitative estimate of drug-likeness (QED) is 0.729. The van der Waals surface area contributed by atoms with Crippen molar-refractivity contribution in [2.75, 3.05) is 5.73 Å². The van der Waals surface area contributed by atoms with Crippen molar-refractivity contribution in [3.63, 3.8) is 0 Å². The van der Waals surface area contributed by atoms with Crippen molar-refractivity contribution in [3.05, 3.63) is 52.1 Å². The second-order valence-electron chi connectivity index (χ2n) is 4.52. The van der Waals surface area contributed by atoms with Gasteiger partial charge in [-0.15, -0.1) is 11.3 Å². The third-order valence-corrected chi connectivity index (χ3v) is 3.67. The van der Waals surface area contributed by atoms with Crippen LogP contribution in [0.1, 0.15) is 22.4 Å². The van der Waals surface area contributed by atoms with E-state index < -0.39 is 0 Å². The lowest BCUT2D eigenvalue weighted by molar-refractivity contribution is 0.242. The highest BCUT2D eigenvalue weighted by Gasteiger charge is 2.10. The van der Waals surface area contributed by atoms with Gasteiger partial charge in [0.05, 0.1) is 6.42 Å². The summed E-state index contributed by atoms with van der Waals surface area (Å²) in [4.78, 5) is 8.66. The molecule has 2 heterocycles. The number of benzene rings is 1. The molecule has 0 saturated carbocycles. The maximum absolute atomic E-state index is 5.68. The number of aromatic nitrogens is 3. The third kappa shape index (κ3) is 3.57. The molecule has 108 valence electrons. The Morgan fingerprint density at radius 3 is 3.00 bits per heavy atom. The molecule has 0 atom stereocenters. The summed E-state index contributed by atoms with van der Waals surface area (Å²) in [6.45, 7) is 2.18. The van der Waals surface area contributed by atoms with E-state index in [0.29, 0.717) is 29.6 Å². The Morgan fingerprint density at radius 1 is 1.33 bits per heavy atom. The first-order valence-corrected chi connectivity index (χ1v) is 7.28. The van der Waals surface area contributed by atoms with Crippen molar-refractivity contribution < 1.29 is 9.26 Å². The molecule has 3 rings (SSSR count). The van der Waals surface area contributed by atoms with Crippen molar-refractivity contribution in [2.45, 2.75) is 20.0 Å². The molecule has 0 unspecified atom stereocenters. The zero-order valence-corrected chi connectivity index (χ0v) is 12.3. The summed E-state index contributed by atoms with van der Waals surface area (Å²) in [5, 5.41) is 6.89. The van der Waals surface area contributed by atoms with Gasteiger partial charge >= 0.3 is 0 Å². The summed E-state index contributed by atoms with van der Waals surface area (Å²) in [6, 6.07) is 7.20. The molecule has 0 aliphatic rings. The summed E-state index contributed by atoms with van der Waals surface area (Å²) >= 11 is 1.59. The van der Waals surface area contributed by atoms with E-state index in [2.05, 4.69) is 15.1 Å². The van der Waals surface area contributed by atoms with Crippen molar-refractivity contribution in [1.29, 1.82) is 0 Å². The van der Waals surface area contributed by atoms with Crippen molar-refractivity contribution >= 4 is 17.0 Å². The molecule has 0 spiro atoms. The van der Waals surface area contributed by atoms with Crippen LogP contribution in [0, 0.1) is 6.92 Å². The molecule has 0 radical (unpaired) electrons. The van der Waals surface area contributed by atoms with Gasteiger partial charge in [0.1, 0.15) is 10.8 Å². The highest BCUT2D eigenvalue weighted by Crippen LogP contribution is 2.16. The lowest BCUT2D eigenvalue weighted by Gasteiger charge is -2.03. The largest absolute Gasteiger partial charge is 0.484 e. The molecule has 2 N–H and O–H groups in total. The van der Waals surface area contributed by atoms with Gasteiger partial charge in [-0.2, -0.15) is 4.98 Å². The molecular formula is C14H14N4O2S. The Balaban J connectivity index is 1.60. The summed E-state index contributed by atoms with van der Waals surface area (Å²) in [5.41, 5.74) is 7.34. The molecule has 0 bridgehead atoms. The predicted molar refractivity (Wildman–Crippen MR) is 79.1 cm³/mol. The van der Waals surface area contributed by atoms with Crippen LogP contribution in [0.25, 0.3) is 0 Å². The minimum Gasteiger partial charge on any atom is -0.484 e. The second kappa shape index (κ2) is 5.92. The molecule has 0 aliphatic heterocycles. The molecule has 2 aromatic heterocycles. The Labute approximate surface area is 125 Å². The van der Waals surface area contributed by atoms with Crippen molar-refractivity contribution in [3.8, 4) is 5.75 Å². The summed E-state index contributed by atoms with van der Waals surface area (Å²) in [5.74, 6) is 1.71. The molecule has 1 aromatic carbocycles. The zero-order valence-electron chi connectivity index (χ0n) is 11.4. The van der Waals surface area contributed by atoms with E-state index in [1.165, 1.54) is 0 Å². The standard InChI is InChI=1S/C14H14N4O2S/c1-9-8-21-14(16-9)6-12-17-13(20-18-12)7-19-11-4-2-3-10(15)5-11/h2-5,8H,6-7,15H2,1H3. The molecule has 0 fully saturated rings. The minimum absolute atomic E-state index is 0.216. The van der Waals surface area contributed by atoms with Gasteiger partial charge in [0.2, 0.25) is 0 Å². The number of hydrogen-bond donors (Lipinski definition) is 1. The maximum atomic E-state index is 5.68. The molecule has 21 heavy (non-hydrogen) atoms. The Kier molecular flexibility index (Phi) is 3.83. The van der Waals surface area contributed by atoms with Crippen molar-refractivity contribution in [1.82, 2.24) is 15.1 Å². The van der Waals surface area contributed by atoms with Gasteiger partial charge in [-0.25, -0.2) is 4.98 Å². The first-order valence-electron chi connectivity index (χ1n) is 6.40. The Morgan fingerprint density at radius 2 is 2.24 bits per heavy atom. The van der Waals surface area contributed by atoms with E-state index in [4.69, 9.17) is 15.0 Å². The van der Waals surface area contributed by atoms with Crippen LogP contribution < -0.4 is 10.5 Å². The number of nitrogens with two attached hydrogens (primary N) is 1. The lowest BCUT2D eigenvalue weighted by Crippen LogP contribution is -1.97. The number of hydrogen-bond acceptors (Lipinski definition) is 7. The maximum Gasteiger partial charge on any atom is 0.264 e. The Bertz CT molecular complexity index is 738. The third-order valence-electron chi connectivity index (χ3n) is 2.71. The Hall–Kier alpha value is -2.41. The number of aryl methyl sites for hydroxylation is 1. The van der Waals surface area contributed by atoms with Gasteiger partial charge in [-0.1, -0.05) is 11.2 Å². The average Bonchev–Trinajstić information content (AvgIpc) is 3.06. The van der Waals surface area contributed by atoms with E-state index in [9.17, 15) is 0 Å². The van der Waals surface area contributed by atoms with Gasteiger partial charge in [-0.05, 0) is 19.1 Å². The van der Waals surface area contributed by atoms with E-state index >= 15 is 0 Å². The summed E-state index contributed by atoms with van der Waals surface area (Å²) in [7, 11) is 0. The lowest BCUT2D eigenvalue weighted by atomic mass is 10.3. The first kappa shape index (κ1) is 13.6. The molecule has 0 saturated heterocycles. The van der Waals surface area contributed by atoms with Crippen LogP contribution in [-0.4, -0.2) is 15.1 Å². The van der Waals surface area contributed by atoms with Crippen LogP contribution in [0.15, 0.2) is 34.2 Å². The highest BCUT2D eigenvalue weighted by atomic mass is 32.1. The zero-order chi connectivity index (χ0) is 14.7. The van der Waals surface area contributed by atoms with E-state index in [-0.39, 0.29) is 6.61 Å². The smallest absolute Gasteiger partial charge is 0.264 e. The fraction of sp³-hybridized carbons (Fsp3) is 0.214. The van der Waals surface area contributed by atoms with Gasteiger partial charge < -0.3 is 15.0 Å². The number of rotatable bonds is 5. The minimum atomic E-state index is 0.216. The van der Waals surface area contributed by atoms with Crippen LogP contribution in [-0.2, 0) is 13.0 Å². The normalized spacial score (nSPS) is 10.7. The number of nitrogen functional groups attached to an aromatic ring is 1. The number of anilines is 1. The molecular weight excluding hydrogens is 288 g/mol. The second-order valence-corrected chi connectivity index (χ2v) is 5.47. The molecule has 0 aliphatic carbocycles. The monoisotopic (exact) mass is 302 g/mol. The molecule has 7 heteroatoms. The van der Waals surface area contributed by atoms with Crippen LogP contribution in [0.2, 0.25) is 0 Å². The van der Waals surface area contributed by atoms with E-state index in [1.54, 1.807) is 23.5 Å². The van der Waals surface area contributed by atoms with Crippen LogP contribution in [0.4, 0.5) is 5.69 Å². The summed E-state index contributed by atoms with van der Waals surface area (Å²) < 4.78 is 10.7. The van der Waals surface area contributed by atoms with Gasteiger partial charge in [0, 0.05) is 22.8 Å².